The third-order valence-corrected chi connectivity index (χ3v) is 6.62. The Kier molecular flexibility index (Phi) is 7.01. The summed E-state index contributed by atoms with van der Waals surface area (Å²) in [6.07, 6.45) is 7.80. The van der Waals surface area contributed by atoms with Crippen LogP contribution in [0.15, 0.2) is 47.9 Å². The molecule has 12 heteroatoms. The Morgan fingerprint density at radius 3 is 2.58 bits per heavy atom. The molecule has 2 fully saturated rings. The van der Waals surface area contributed by atoms with Gasteiger partial charge in [0.2, 0.25) is 17.7 Å². The number of hydrogen-bond donors (Lipinski definition) is 1. The van der Waals surface area contributed by atoms with E-state index in [1.165, 1.54) is 6.33 Å². The van der Waals surface area contributed by atoms with Crippen LogP contribution in [0.3, 0.4) is 0 Å². The lowest BCUT2D eigenvalue weighted by Gasteiger charge is -2.32. The molecule has 1 N–H and O–H groups in total. The number of carbonyl (C=O) groups excluding carboxylic acids is 2. The van der Waals surface area contributed by atoms with E-state index in [1.54, 1.807) is 36.7 Å². The van der Waals surface area contributed by atoms with E-state index in [4.69, 9.17) is 21.1 Å². The number of imide groups is 1. The number of carbonyl (C=O) groups is 2. The molecule has 10 nitrogen and oxygen atoms in total. The smallest absolute Gasteiger partial charge is 0.290 e. The fourth-order valence-electron chi connectivity index (χ4n) is 3.79. The second-order valence-electron chi connectivity index (χ2n) is 8.14. The quantitative estimate of drug-likeness (QED) is 0.465. The van der Waals surface area contributed by atoms with Gasteiger partial charge < -0.3 is 14.4 Å². The summed E-state index contributed by atoms with van der Waals surface area (Å²) in [6, 6.07) is 7.17. The lowest BCUT2D eigenvalue weighted by atomic mass is 10.1. The number of halogens is 1. The Labute approximate surface area is 216 Å². The van der Waals surface area contributed by atoms with Crippen molar-refractivity contribution in [3.05, 3.63) is 64.0 Å². The minimum absolute atomic E-state index is 0.0114. The number of amides is 2. The van der Waals surface area contributed by atoms with Crippen LogP contribution in [0.5, 0.6) is 17.5 Å². The monoisotopic (exact) mass is 524 g/mol. The van der Waals surface area contributed by atoms with Crippen molar-refractivity contribution < 1.29 is 19.1 Å². The van der Waals surface area contributed by atoms with Gasteiger partial charge in [-0.1, -0.05) is 23.7 Å². The van der Waals surface area contributed by atoms with Gasteiger partial charge in [0.05, 0.1) is 27.9 Å². The topological polar surface area (TPSA) is 119 Å². The highest BCUT2D eigenvalue weighted by Gasteiger charge is 2.25. The summed E-state index contributed by atoms with van der Waals surface area (Å²) in [7, 11) is 0. The van der Waals surface area contributed by atoms with Gasteiger partial charge in [-0.3, -0.25) is 14.9 Å². The van der Waals surface area contributed by atoms with Crippen LogP contribution in [0.25, 0.3) is 6.08 Å². The Balaban J connectivity index is 1.23. The van der Waals surface area contributed by atoms with Gasteiger partial charge in [-0.2, -0.15) is 0 Å². The second-order valence-corrected chi connectivity index (χ2v) is 9.59. The van der Waals surface area contributed by atoms with E-state index in [0.717, 1.165) is 43.3 Å². The fraction of sp³-hybridized carbons (Fsp3) is 0.250. The largest absolute Gasteiger partial charge is 0.474 e. The first-order valence-electron chi connectivity index (χ1n) is 11.2. The van der Waals surface area contributed by atoms with Gasteiger partial charge in [-0.15, -0.1) is 0 Å². The van der Waals surface area contributed by atoms with Gasteiger partial charge >= 0.3 is 0 Å². The maximum absolute atomic E-state index is 11.8. The number of nitrogens with one attached hydrogen (secondary N) is 1. The Bertz CT molecular complexity index is 1330. The molecule has 0 spiro atoms. The van der Waals surface area contributed by atoms with Crippen LogP contribution in [0.4, 0.5) is 10.7 Å². The molecule has 3 aromatic rings. The highest BCUT2D eigenvalue weighted by molar-refractivity contribution is 8.18. The Hall–Kier alpha value is -3.70. The molecule has 2 amide bonds. The van der Waals surface area contributed by atoms with Crippen molar-refractivity contribution in [2.75, 3.05) is 18.0 Å². The molecular weight excluding hydrogens is 504 g/mol. The van der Waals surface area contributed by atoms with E-state index in [1.807, 2.05) is 13.0 Å². The van der Waals surface area contributed by atoms with E-state index < -0.39 is 5.91 Å². The minimum Gasteiger partial charge on any atom is -0.474 e. The van der Waals surface area contributed by atoms with E-state index in [-0.39, 0.29) is 11.3 Å². The number of thioether (sulfide) groups is 1. The summed E-state index contributed by atoms with van der Waals surface area (Å²) in [6.45, 7) is 3.35. The summed E-state index contributed by atoms with van der Waals surface area (Å²) in [4.78, 5) is 42.8. The molecule has 5 rings (SSSR count). The molecule has 2 saturated heterocycles. The van der Waals surface area contributed by atoms with E-state index in [9.17, 15) is 9.59 Å². The molecule has 2 aromatic heterocycles. The predicted molar refractivity (Wildman–Crippen MR) is 135 cm³/mol. The first-order chi connectivity index (χ1) is 17.4. The standard InChI is InChI=1S/C24H21ClN6O4S/c1-14-21(34-17-5-7-31(8-6-17)23-26-11-16(25)12-27-23)28-13-29-22(14)35-18-4-2-3-15(9-18)10-19-20(32)30-24(33)36-19/h2-4,9-13,17H,5-8H2,1H3,(H,30,32,33). The highest BCUT2D eigenvalue weighted by Crippen LogP contribution is 2.31. The lowest BCUT2D eigenvalue weighted by Crippen LogP contribution is -2.39. The normalized spacial score (nSPS) is 17.4. The van der Waals surface area contributed by atoms with Crippen molar-refractivity contribution in [2.45, 2.75) is 25.9 Å². The van der Waals surface area contributed by atoms with Gasteiger partial charge in [-0.05, 0) is 42.5 Å². The predicted octanol–water partition coefficient (Wildman–Crippen LogP) is 4.39. The zero-order valence-electron chi connectivity index (χ0n) is 19.2. The van der Waals surface area contributed by atoms with Gasteiger partial charge in [0.15, 0.2) is 0 Å². The maximum Gasteiger partial charge on any atom is 0.290 e. The molecule has 2 aliphatic rings. The van der Waals surface area contributed by atoms with Crippen LogP contribution in [0, 0.1) is 6.92 Å². The molecule has 184 valence electrons. The average molecular weight is 525 g/mol. The first-order valence-corrected chi connectivity index (χ1v) is 12.4. The average Bonchev–Trinajstić information content (AvgIpc) is 3.19. The van der Waals surface area contributed by atoms with E-state index in [0.29, 0.717) is 38.9 Å². The lowest BCUT2D eigenvalue weighted by molar-refractivity contribution is -0.115. The van der Waals surface area contributed by atoms with Crippen molar-refractivity contribution in [3.8, 4) is 17.5 Å². The number of nitrogens with zero attached hydrogens (tertiary/aromatic N) is 5. The van der Waals surface area contributed by atoms with Crippen LogP contribution in [0.2, 0.25) is 5.02 Å². The van der Waals surface area contributed by atoms with Gasteiger partial charge in [-0.25, -0.2) is 19.9 Å². The number of rotatable bonds is 6. The van der Waals surface area contributed by atoms with Gasteiger partial charge in [0.1, 0.15) is 18.2 Å². The minimum atomic E-state index is -0.406. The Morgan fingerprint density at radius 1 is 1.11 bits per heavy atom. The molecule has 1 aromatic carbocycles. The molecule has 4 heterocycles. The maximum atomic E-state index is 11.8. The molecule has 0 aliphatic carbocycles. The molecule has 0 atom stereocenters. The molecule has 2 aliphatic heterocycles. The SMILES string of the molecule is Cc1c(Oc2cccc(C=C3SC(=O)NC3=O)c2)ncnc1OC1CCN(c2ncc(Cl)cn2)CC1. The van der Waals surface area contributed by atoms with Crippen molar-refractivity contribution in [1.29, 1.82) is 0 Å². The van der Waals surface area contributed by atoms with Crippen molar-refractivity contribution in [2.24, 2.45) is 0 Å². The van der Waals surface area contributed by atoms with Gasteiger partial charge in [0.25, 0.3) is 11.1 Å². The Morgan fingerprint density at radius 2 is 1.86 bits per heavy atom. The highest BCUT2D eigenvalue weighted by atomic mass is 35.5. The second kappa shape index (κ2) is 10.5. The summed E-state index contributed by atoms with van der Waals surface area (Å²) in [5, 5.41) is 2.37. The third-order valence-electron chi connectivity index (χ3n) is 5.61. The van der Waals surface area contributed by atoms with Crippen molar-refractivity contribution >= 4 is 46.5 Å². The number of anilines is 1. The third kappa shape index (κ3) is 5.58. The van der Waals surface area contributed by atoms with Crippen LogP contribution < -0.4 is 19.7 Å². The molecule has 0 bridgehead atoms. The summed E-state index contributed by atoms with van der Waals surface area (Å²) >= 11 is 6.75. The number of hydrogen-bond acceptors (Lipinski definition) is 10. The van der Waals surface area contributed by atoms with Crippen LogP contribution in [0.1, 0.15) is 24.0 Å². The molecule has 36 heavy (non-hydrogen) atoms. The molecule has 0 radical (unpaired) electrons. The number of benzene rings is 1. The van der Waals surface area contributed by atoms with E-state index in [2.05, 4.69) is 30.2 Å². The zero-order chi connectivity index (χ0) is 25.1. The fourth-order valence-corrected chi connectivity index (χ4v) is 4.57. The number of piperidine rings is 1. The number of ether oxygens (including phenoxy) is 2. The van der Waals surface area contributed by atoms with Crippen molar-refractivity contribution in [1.82, 2.24) is 25.3 Å². The summed E-state index contributed by atoms with van der Waals surface area (Å²) < 4.78 is 12.2. The van der Waals surface area contributed by atoms with E-state index >= 15 is 0 Å². The molecule has 0 saturated carbocycles. The number of aromatic nitrogens is 4. The van der Waals surface area contributed by atoms with Crippen molar-refractivity contribution in [3.63, 3.8) is 0 Å². The molecule has 0 unspecified atom stereocenters. The first kappa shape index (κ1) is 24.0. The van der Waals surface area contributed by atoms with Crippen LogP contribution in [-0.2, 0) is 4.79 Å². The molecular formula is C24H21ClN6O4S. The van der Waals surface area contributed by atoms with Crippen LogP contribution >= 0.6 is 23.4 Å². The zero-order valence-corrected chi connectivity index (χ0v) is 20.8. The summed E-state index contributed by atoms with van der Waals surface area (Å²) in [5.74, 6) is 1.62. The van der Waals surface area contributed by atoms with Crippen LogP contribution in [-0.4, -0.2) is 50.3 Å². The summed E-state index contributed by atoms with van der Waals surface area (Å²) in [5.41, 5.74) is 1.40. The van der Waals surface area contributed by atoms with Gasteiger partial charge in [0, 0.05) is 25.9 Å².